The minimum Gasteiger partial charge on any atom is -0.355 e. The Kier molecular flexibility index (Phi) is 5.91. The normalized spacial score (nSPS) is 12.7. The Labute approximate surface area is 106 Å². The van der Waals surface area contributed by atoms with Crippen LogP contribution >= 0.6 is 0 Å². The lowest BCUT2D eigenvalue weighted by Crippen LogP contribution is -2.40. The highest BCUT2D eigenvalue weighted by Crippen LogP contribution is 2.06. The predicted octanol–water partition coefficient (Wildman–Crippen LogP) is 1.61. The highest BCUT2D eigenvalue weighted by atomic mass is 19.1. The molecule has 1 N–H and O–H groups in total. The van der Waals surface area contributed by atoms with Crippen LogP contribution in [0.15, 0.2) is 24.3 Å². The van der Waals surface area contributed by atoms with Crippen LogP contribution in [0.25, 0.3) is 0 Å². The van der Waals surface area contributed by atoms with Crippen molar-refractivity contribution in [2.75, 3.05) is 20.8 Å². The monoisotopic (exact) mass is 255 g/mol. The van der Waals surface area contributed by atoms with Crippen LogP contribution in [0.1, 0.15) is 17.3 Å². The van der Waals surface area contributed by atoms with E-state index in [0.29, 0.717) is 12.1 Å². The first kappa shape index (κ1) is 14.8. The minimum absolute atomic E-state index is 0.0963. The second-order valence-corrected chi connectivity index (χ2v) is 3.90. The molecule has 18 heavy (non-hydrogen) atoms. The summed E-state index contributed by atoms with van der Waals surface area (Å²) >= 11 is 0. The molecule has 1 atom stereocenters. The molecular weight excluding hydrogens is 237 g/mol. The number of hydrogen-bond acceptors (Lipinski definition) is 4. The van der Waals surface area contributed by atoms with Crippen LogP contribution < -0.4 is 5.32 Å². The number of nitrogens with one attached hydrogen (secondary N) is 1. The molecule has 1 rings (SSSR count). The first-order valence-corrected chi connectivity index (χ1v) is 5.67. The van der Waals surface area contributed by atoms with E-state index >= 15 is 0 Å². The van der Waals surface area contributed by atoms with Crippen molar-refractivity contribution in [2.24, 2.45) is 0 Å². The molecule has 100 valence electrons. The molecule has 0 radical (unpaired) electrons. The Morgan fingerprint density at radius 1 is 1.28 bits per heavy atom. The van der Waals surface area contributed by atoms with Crippen LogP contribution in [-0.2, 0) is 9.47 Å². The fraction of sp³-hybridized carbons (Fsp3) is 0.462. The van der Waals surface area contributed by atoms with Gasteiger partial charge < -0.3 is 14.8 Å². The number of ether oxygens (including phenoxy) is 2. The quantitative estimate of drug-likeness (QED) is 0.594. The Bertz CT molecular complexity index is 376. The van der Waals surface area contributed by atoms with E-state index in [0.717, 1.165) is 0 Å². The summed E-state index contributed by atoms with van der Waals surface area (Å²) in [5.74, 6) is -0.452. The lowest BCUT2D eigenvalue weighted by Gasteiger charge is -2.17. The zero-order valence-electron chi connectivity index (χ0n) is 10.8. The largest absolute Gasteiger partial charge is 0.355 e. The highest BCUT2D eigenvalue weighted by Gasteiger charge is 2.16. The molecule has 1 aromatic carbocycles. The van der Waals surface area contributed by atoms with Gasteiger partial charge in [-0.15, -0.1) is 0 Å². The molecule has 0 heterocycles. The summed E-state index contributed by atoms with van der Waals surface area (Å²) in [6.07, 6.45) is -0.395. The van der Waals surface area contributed by atoms with Crippen molar-refractivity contribution >= 4 is 5.78 Å². The first-order valence-electron chi connectivity index (χ1n) is 5.67. The van der Waals surface area contributed by atoms with Gasteiger partial charge in [-0.05, 0) is 31.2 Å². The summed E-state index contributed by atoms with van der Waals surface area (Å²) in [6, 6.07) is 5.10. The molecule has 0 saturated carbocycles. The van der Waals surface area contributed by atoms with Gasteiger partial charge in [-0.25, -0.2) is 4.39 Å². The van der Waals surface area contributed by atoms with Crippen LogP contribution in [0.3, 0.4) is 0 Å². The van der Waals surface area contributed by atoms with Gasteiger partial charge in [-0.2, -0.15) is 0 Å². The Morgan fingerprint density at radius 2 is 1.83 bits per heavy atom. The SMILES string of the molecule is COC(CNC(C)C(=O)c1ccc(F)cc1)OC. The maximum Gasteiger partial charge on any atom is 0.179 e. The Hall–Kier alpha value is -1.30. The van der Waals surface area contributed by atoms with E-state index in [2.05, 4.69) is 5.32 Å². The molecule has 0 spiro atoms. The number of Topliss-reactive ketones (excluding diaryl/α,β-unsaturated/α-hetero) is 1. The molecule has 4 nitrogen and oxygen atoms in total. The molecule has 0 saturated heterocycles. The summed E-state index contributed by atoms with van der Waals surface area (Å²) < 4.78 is 22.7. The molecule has 0 bridgehead atoms. The van der Waals surface area contributed by atoms with Gasteiger partial charge in [0.1, 0.15) is 5.82 Å². The first-order chi connectivity index (χ1) is 8.58. The lowest BCUT2D eigenvalue weighted by atomic mass is 10.1. The number of methoxy groups -OCH3 is 2. The van der Waals surface area contributed by atoms with Crippen LogP contribution in [0.5, 0.6) is 0 Å². The van der Waals surface area contributed by atoms with Gasteiger partial charge >= 0.3 is 0 Å². The van der Waals surface area contributed by atoms with Crippen molar-refractivity contribution in [2.45, 2.75) is 19.3 Å². The fourth-order valence-corrected chi connectivity index (χ4v) is 1.49. The summed E-state index contributed by atoms with van der Waals surface area (Å²) in [7, 11) is 3.06. The van der Waals surface area contributed by atoms with E-state index in [4.69, 9.17) is 9.47 Å². The van der Waals surface area contributed by atoms with Crippen LogP contribution in [0.2, 0.25) is 0 Å². The van der Waals surface area contributed by atoms with Gasteiger partial charge in [0.15, 0.2) is 12.1 Å². The topological polar surface area (TPSA) is 47.6 Å². The van der Waals surface area contributed by atoms with Crippen molar-refractivity contribution in [1.29, 1.82) is 0 Å². The molecule has 5 heteroatoms. The Morgan fingerprint density at radius 3 is 2.33 bits per heavy atom. The second kappa shape index (κ2) is 7.20. The molecule has 0 aliphatic carbocycles. The molecule has 0 aromatic heterocycles. The number of carbonyl (C=O) groups is 1. The molecule has 0 amide bonds. The van der Waals surface area contributed by atoms with E-state index in [-0.39, 0.29) is 17.6 Å². The number of carbonyl (C=O) groups excluding carboxylic acids is 1. The van der Waals surface area contributed by atoms with Gasteiger partial charge in [-0.3, -0.25) is 4.79 Å². The maximum absolute atomic E-state index is 12.7. The van der Waals surface area contributed by atoms with Gasteiger partial charge in [0.05, 0.1) is 6.04 Å². The smallest absolute Gasteiger partial charge is 0.179 e. The van der Waals surface area contributed by atoms with Crippen molar-refractivity contribution in [3.05, 3.63) is 35.6 Å². The van der Waals surface area contributed by atoms with Crippen molar-refractivity contribution < 1.29 is 18.7 Å². The molecule has 0 fully saturated rings. The van der Waals surface area contributed by atoms with Crippen molar-refractivity contribution in [3.8, 4) is 0 Å². The summed E-state index contributed by atoms with van der Waals surface area (Å²) in [4.78, 5) is 12.0. The van der Waals surface area contributed by atoms with Crippen LogP contribution in [-0.4, -0.2) is 38.9 Å². The number of ketones is 1. The van der Waals surface area contributed by atoms with Crippen molar-refractivity contribution in [1.82, 2.24) is 5.32 Å². The molecule has 0 aliphatic rings. The number of halogens is 1. The van der Waals surface area contributed by atoms with Crippen LogP contribution in [0, 0.1) is 5.82 Å². The zero-order valence-corrected chi connectivity index (χ0v) is 10.8. The van der Waals surface area contributed by atoms with E-state index in [9.17, 15) is 9.18 Å². The second-order valence-electron chi connectivity index (χ2n) is 3.90. The zero-order chi connectivity index (χ0) is 13.5. The molecule has 1 aromatic rings. The third-order valence-corrected chi connectivity index (χ3v) is 2.64. The molecular formula is C13H18FNO3. The summed E-state index contributed by atoms with van der Waals surface area (Å²) in [5.41, 5.74) is 0.475. The average molecular weight is 255 g/mol. The van der Waals surface area contributed by atoms with Gasteiger partial charge in [0.25, 0.3) is 0 Å². The van der Waals surface area contributed by atoms with E-state index in [1.165, 1.54) is 38.5 Å². The van der Waals surface area contributed by atoms with Gasteiger partial charge in [0.2, 0.25) is 0 Å². The highest BCUT2D eigenvalue weighted by molar-refractivity contribution is 5.99. The average Bonchev–Trinajstić information content (AvgIpc) is 2.39. The number of benzene rings is 1. The maximum atomic E-state index is 12.7. The van der Waals surface area contributed by atoms with Gasteiger partial charge in [-0.1, -0.05) is 0 Å². The van der Waals surface area contributed by atoms with E-state index in [1.807, 2.05) is 0 Å². The van der Waals surface area contributed by atoms with Crippen molar-refractivity contribution in [3.63, 3.8) is 0 Å². The molecule has 1 unspecified atom stereocenters. The summed E-state index contributed by atoms with van der Waals surface area (Å²) in [5, 5.41) is 3.00. The number of hydrogen-bond donors (Lipinski definition) is 1. The number of rotatable bonds is 7. The van der Waals surface area contributed by atoms with E-state index < -0.39 is 6.29 Å². The van der Waals surface area contributed by atoms with E-state index in [1.54, 1.807) is 6.92 Å². The third kappa shape index (κ3) is 4.18. The Balaban J connectivity index is 2.53. The lowest BCUT2D eigenvalue weighted by molar-refractivity contribution is -0.0992. The third-order valence-electron chi connectivity index (χ3n) is 2.64. The predicted molar refractivity (Wildman–Crippen MR) is 66.0 cm³/mol. The summed E-state index contributed by atoms with van der Waals surface area (Å²) in [6.45, 7) is 2.15. The minimum atomic E-state index is -0.395. The standard InChI is InChI=1S/C13H18FNO3/c1-9(15-8-12(17-2)18-3)13(16)10-4-6-11(14)7-5-10/h4-7,9,12,15H,8H2,1-3H3. The van der Waals surface area contributed by atoms with Gasteiger partial charge in [0, 0.05) is 26.3 Å². The fourth-order valence-electron chi connectivity index (χ4n) is 1.49. The van der Waals surface area contributed by atoms with Crippen LogP contribution in [0.4, 0.5) is 4.39 Å². The molecule has 0 aliphatic heterocycles.